The number of hydrogen-bond donors (Lipinski definition) is 3. The maximum atomic E-state index is 13.4. The Labute approximate surface area is 292 Å². The highest BCUT2D eigenvalue weighted by molar-refractivity contribution is 9.11. The average Bonchev–Trinajstić information content (AvgIpc) is 2.99. The van der Waals surface area contributed by atoms with E-state index in [0.29, 0.717) is 20.2 Å². The molecule has 12 nitrogen and oxygen atoms in total. The molecule has 3 N–H and O–H groups in total. The van der Waals surface area contributed by atoms with E-state index in [0.717, 1.165) is 0 Å². The summed E-state index contributed by atoms with van der Waals surface area (Å²) >= 11 is 24.7. The molecule has 17 heteroatoms. The van der Waals surface area contributed by atoms with Crippen molar-refractivity contribution >= 4 is 113 Å². The number of benzene rings is 4. The van der Waals surface area contributed by atoms with Gasteiger partial charge in [0.05, 0.1) is 42.8 Å². The van der Waals surface area contributed by atoms with Gasteiger partial charge < -0.3 is 16.0 Å². The Morgan fingerprint density at radius 2 is 1.26 bits per heavy atom. The quantitative estimate of drug-likeness (QED) is 0.0615. The molecule has 0 saturated heterocycles. The Morgan fingerprint density at radius 1 is 0.717 bits per heavy atom. The summed E-state index contributed by atoms with van der Waals surface area (Å²) in [6.45, 7) is 1.30. The zero-order valence-corrected chi connectivity index (χ0v) is 28.6. The Hall–Kier alpha value is -4.08. The van der Waals surface area contributed by atoms with Crippen LogP contribution in [0.15, 0.2) is 69.6 Å². The summed E-state index contributed by atoms with van der Waals surface area (Å²) in [5.74, 6) is -2.18. The molecular weight excluding hydrogens is 797 g/mol. The van der Waals surface area contributed by atoms with Crippen LogP contribution in [0.1, 0.15) is 36.6 Å². The van der Waals surface area contributed by atoms with Gasteiger partial charge in [0.2, 0.25) is 0 Å². The lowest BCUT2D eigenvalue weighted by molar-refractivity contribution is -0.385. The minimum Gasteiger partial charge on any atom is -0.376 e. The number of hydrogen-bond acceptors (Lipinski definition) is 8. The first-order valence-electron chi connectivity index (χ1n) is 12.7. The molecule has 0 bridgehead atoms. The summed E-state index contributed by atoms with van der Waals surface area (Å²) in [5, 5.41) is 31.0. The molecule has 236 valence electrons. The van der Waals surface area contributed by atoms with Crippen LogP contribution >= 0.6 is 66.7 Å². The zero-order valence-electron chi connectivity index (χ0n) is 23.1. The fraction of sp³-hybridized carbons (Fsp3) is 0.0690. The molecule has 0 aliphatic heterocycles. The minimum absolute atomic E-state index is 0.0712. The van der Waals surface area contributed by atoms with Crippen molar-refractivity contribution < 1.29 is 24.2 Å². The third kappa shape index (κ3) is 8.19. The predicted octanol–water partition coefficient (Wildman–Crippen LogP) is 9.10. The van der Waals surface area contributed by atoms with Crippen LogP contribution in [0.5, 0.6) is 0 Å². The minimum atomic E-state index is -0.836. The SMILES string of the molecule is Cc1ccc(NC(=O)c2cc(C(=O)CNc3c(Br)cc([N+](=O)[O-])cc3Br)cc(C(=O)Nc3cc(Cl)c(Cl)cc3Cl)c2)c([N+](=O)[O-])c1. The number of aryl methyl sites for hydroxylation is 1. The van der Waals surface area contributed by atoms with E-state index < -0.39 is 27.4 Å². The van der Waals surface area contributed by atoms with Crippen LogP contribution in [0.2, 0.25) is 15.1 Å². The van der Waals surface area contributed by atoms with Gasteiger partial charge in [-0.1, -0.05) is 40.9 Å². The number of carbonyl (C=O) groups excluding carboxylic acids is 3. The van der Waals surface area contributed by atoms with Crippen LogP contribution in [0, 0.1) is 27.2 Å². The normalized spacial score (nSPS) is 10.7. The van der Waals surface area contributed by atoms with Gasteiger partial charge in [-0.3, -0.25) is 34.6 Å². The highest BCUT2D eigenvalue weighted by Crippen LogP contribution is 2.36. The first-order chi connectivity index (χ1) is 21.6. The summed E-state index contributed by atoms with van der Waals surface area (Å²) in [7, 11) is 0. The molecule has 0 fully saturated rings. The standard InChI is InChI=1S/C29H18Br2Cl3N5O7/c1-13-2-3-23(25(4-13)39(45)46)36-28(41)15-5-14(26(40)12-35-27-18(30)8-17(38(43)44)9-19(27)31)6-16(7-15)29(42)37-24-11-21(33)20(32)10-22(24)34/h2-11,35H,12H2,1H3,(H,36,41)(H,37,42). The zero-order chi connectivity index (χ0) is 33.9. The molecule has 2 amide bonds. The molecule has 46 heavy (non-hydrogen) atoms. The first kappa shape index (κ1) is 34.8. The van der Waals surface area contributed by atoms with Crippen molar-refractivity contribution in [3.05, 3.63) is 127 Å². The molecule has 0 saturated carbocycles. The van der Waals surface area contributed by atoms with E-state index in [1.54, 1.807) is 13.0 Å². The smallest absolute Gasteiger partial charge is 0.293 e. The number of nitrogens with zero attached hydrogens (tertiary/aromatic N) is 2. The number of anilines is 3. The number of halogens is 5. The molecule has 0 aromatic heterocycles. The van der Waals surface area contributed by atoms with Crippen LogP contribution in [0.4, 0.5) is 28.4 Å². The van der Waals surface area contributed by atoms with Crippen molar-refractivity contribution in [3.63, 3.8) is 0 Å². The van der Waals surface area contributed by atoms with Crippen LogP contribution in [0.3, 0.4) is 0 Å². The summed E-state index contributed by atoms with van der Waals surface area (Å²) in [5.41, 5.74) is 0.0325. The summed E-state index contributed by atoms with van der Waals surface area (Å²) < 4.78 is 0.598. The van der Waals surface area contributed by atoms with Gasteiger partial charge in [-0.2, -0.15) is 0 Å². The maximum Gasteiger partial charge on any atom is 0.293 e. The van der Waals surface area contributed by atoms with Gasteiger partial charge >= 0.3 is 0 Å². The third-order valence-corrected chi connectivity index (χ3v) is 8.58. The topological polar surface area (TPSA) is 174 Å². The third-order valence-electron chi connectivity index (χ3n) is 6.30. The molecule has 4 rings (SSSR count). The lowest BCUT2D eigenvalue weighted by Crippen LogP contribution is -2.20. The second kappa shape index (κ2) is 14.6. The van der Waals surface area contributed by atoms with Gasteiger partial charge in [0, 0.05) is 43.8 Å². The van der Waals surface area contributed by atoms with E-state index in [4.69, 9.17) is 34.8 Å². The van der Waals surface area contributed by atoms with Crippen LogP contribution < -0.4 is 16.0 Å². The van der Waals surface area contributed by atoms with Crippen molar-refractivity contribution in [2.45, 2.75) is 6.92 Å². The molecule has 0 radical (unpaired) electrons. The van der Waals surface area contributed by atoms with Crippen molar-refractivity contribution in [1.29, 1.82) is 0 Å². The molecule has 4 aromatic carbocycles. The predicted molar refractivity (Wildman–Crippen MR) is 183 cm³/mol. The average molecular weight is 815 g/mol. The molecule has 0 heterocycles. The molecule has 4 aromatic rings. The van der Waals surface area contributed by atoms with Gasteiger partial charge in [0.1, 0.15) is 5.69 Å². The van der Waals surface area contributed by atoms with E-state index in [-0.39, 0.29) is 61.1 Å². The Morgan fingerprint density at radius 3 is 1.83 bits per heavy atom. The number of nitro groups is 2. The number of non-ortho nitro benzene ring substituents is 1. The molecule has 0 atom stereocenters. The first-order valence-corrected chi connectivity index (χ1v) is 15.4. The van der Waals surface area contributed by atoms with Gasteiger partial charge in [0.15, 0.2) is 5.78 Å². The van der Waals surface area contributed by atoms with Crippen molar-refractivity contribution in [1.82, 2.24) is 0 Å². The Bertz CT molecular complexity index is 1940. The maximum absolute atomic E-state index is 13.4. The summed E-state index contributed by atoms with van der Waals surface area (Å²) in [6, 6.07) is 13.1. The van der Waals surface area contributed by atoms with Crippen molar-refractivity contribution in [2.75, 3.05) is 22.5 Å². The Balaban J connectivity index is 1.69. The van der Waals surface area contributed by atoms with Gasteiger partial charge in [-0.25, -0.2) is 0 Å². The number of Topliss-reactive ketones (excluding diaryl/α,β-unsaturated/α-hetero) is 1. The van der Waals surface area contributed by atoms with Gasteiger partial charge in [0.25, 0.3) is 23.2 Å². The fourth-order valence-corrected chi connectivity index (χ4v) is 6.10. The second-order valence-corrected chi connectivity index (χ2v) is 12.5. The van der Waals surface area contributed by atoms with Crippen LogP contribution in [-0.4, -0.2) is 34.0 Å². The molecule has 0 unspecified atom stereocenters. The fourth-order valence-electron chi connectivity index (χ4n) is 4.06. The number of rotatable bonds is 10. The molecule has 0 aliphatic rings. The van der Waals surface area contributed by atoms with E-state index in [1.807, 2.05) is 0 Å². The van der Waals surface area contributed by atoms with Crippen LogP contribution in [0.25, 0.3) is 0 Å². The molecule has 0 spiro atoms. The Kier molecular flexibility index (Phi) is 11.0. The van der Waals surface area contributed by atoms with Gasteiger partial charge in [-0.05, 0) is 80.7 Å². The largest absolute Gasteiger partial charge is 0.376 e. The summed E-state index contributed by atoms with van der Waals surface area (Å²) in [4.78, 5) is 61.6. The molecule has 0 aliphatic carbocycles. The van der Waals surface area contributed by atoms with Crippen molar-refractivity contribution in [2.24, 2.45) is 0 Å². The monoisotopic (exact) mass is 811 g/mol. The van der Waals surface area contributed by atoms with Crippen LogP contribution in [-0.2, 0) is 0 Å². The highest BCUT2D eigenvalue weighted by atomic mass is 79.9. The van der Waals surface area contributed by atoms with E-state index >= 15 is 0 Å². The molecular formula is C29H18Br2Cl3N5O7. The van der Waals surface area contributed by atoms with Gasteiger partial charge in [-0.15, -0.1) is 0 Å². The highest BCUT2D eigenvalue weighted by Gasteiger charge is 2.22. The van der Waals surface area contributed by atoms with E-state index in [2.05, 4.69) is 47.8 Å². The number of ketones is 1. The van der Waals surface area contributed by atoms with E-state index in [9.17, 15) is 34.6 Å². The van der Waals surface area contributed by atoms with Crippen molar-refractivity contribution in [3.8, 4) is 0 Å². The number of nitrogens with one attached hydrogen (secondary N) is 3. The number of carbonyl (C=O) groups is 3. The lowest BCUT2D eigenvalue weighted by Gasteiger charge is -2.13. The van der Waals surface area contributed by atoms with E-state index in [1.165, 1.54) is 54.6 Å². The second-order valence-electron chi connectivity index (χ2n) is 9.55. The number of nitro benzene ring substituents is 2. The summed E-state index contributed by atoms with van der Waals surface area (Å²) in [6.07, 6.45) is 0. The lowest BCUT2D eigenvalue weighted by atomic mass is 10.0. The number of amides is 2.